The van der Waals surface area contributed by atoms with Crippen LogP contribution in [0.3, 0.4) is 0 Å². The molecule has 4 rings (SSSR count). The lowest BCUT2D eigenvalue weighted by molar-refractivity contribution is -0.137. The average molecular weight is 359 g/mol. The summed E-state index contributed by atoms with van der Waals surface area (Å²) in [5.41, 5.74) is 0.746. The summed E-state index contributed by atoms with van der Waals surface area (Å²) >= 11 is 0. The summed E-state index contributed by atoms with van der Waals surface area (Å²) in [4.78, 5) is 26.2. The quantitative estimate of drug-likeness (QED) is 0.774. The normalized spacial score (nSPS) is 26.3. The van der Waals surface area contributed by atoms with Gasteiger partial charge in [0.2, 0.25) is 11.8 Å². The molecule has 2 amide bonds. The molecule has 1 aliphatic heterocycles. The van der Waals surface area contributed by atoms with Gasteiger partial charge in [-0.25, -0.2) is 0 Å². The van der Waals surface area contributed by atoms with Gasteiger partial charge in [0.25, 0.3) is 0 Å². The number of likely N-dealkylation sites (tertiary alicyclic amines) is 1. The van der Waals surface area contributed by atoms with E-state index in [1.165, 1.54) is 19.3 Å². The van der Waals surface area contributed by atoms with Crippen molar-refractivity contribution in [3.05, 3.63) is 17.5 Å². The molecule has 26 heavy (non-hydrogen) atoms. The van der Waals surface area contributed by atoms with Crippen LogP contribution in [-0.4, -0.2) is 41.0 Å². The van der Waals surface area contributed by atoms with Crippen LogP contribution < -0.4 is 5.32 Å². The fourth-order valence-corrected chi connectivity index (χ4v) is 3.98. The van der Waals surface area contributed by atoms with Crippen LogP contribution in [0.5, 0.6) is 0 Å². The molecule has 0 radical (unpaired) electrons. The molecule has 1 aromatic heterocycles. The molecule has 0 aromatic carbocycles. The van der Waals surface area contributed by atoms with Crippen LogP contribution in [0.4, 0.5) is 0 Å². The van der Waals surface area contributed by atoms with Crippen molar-refractivity contribution in [2.75, 3.05) is 13.1 Å². The van der Waals surface area contributed by atoms with Gasteiger partial charge >= 0.3 is 0 Å². The Kier molecular flexibility index (Phi) is 4.76. The van der Waals surface area contributed by atoms with Crippen molar-refractivity contribution in [3.8, 4) is 0 Å². The van der Waals surface area contributed by atoms with E-state index in [2.05, 4.69) is 24.3 Å². The largest absolute Gasteiger partial charge is 0.361 e. The minimum atomic E-state index is 0.122. The highest BCUT2D eigenvalue weighted by atomic mass is 16.5. The predicted molar refractivity (Wildman–Crippen MR) is 96.4 cm³/mol. The van der Waals surface area contributed by atoms with Gasteiger partial charge in [-0.15, -0.1) is 0 Å². The van der Waals surface area contributed by atoms with Crippen LogP contribution in [0.15, 0.2) is 10.6 Å². The van der Waals surface area contributed by atoms with Gasteiger partial charge < -0.3 is 14.7 Å². The van der Waals surface area contributed by atoms with Crippen molar-refractivity contribution in [2.24, 2.45) is 17.8 Å². The highest BCUT2D eigenvalue weighted by Gasteiger charge is 2.35. The molecule has 3 fully saturated rings. The Labute approximate surface area is 154 Å². The number of hydrogen-bond donors (Lipinski definition) is 1. The topological polar surface area (TPSA) is 75.4 Å². The molecular weight excluding hydrogens is 330 g/mol. The number of rotatable bonds is 8. The maximum atomic E-state index is 12.3. The van der Waals surface area contributed by atoms with Crippen molar-refractivity contribution >= 4 is 11.8 Å². The first kappa shape index (κ1) is 17.6. The Balaban J connectivity index is 1.14. The molecule has 6 nitrogen and oxygen atoms in total. The summed E-state index contributed by atoms with van der Waals surface area (Å²) in [6.07, 6.45) is 5.46. The number of nitrogens with zero attached hydrogens (tertiary/aromatic N) is 2. The number of carbonyl (C=O) groups excluding carboxylic acids is 2. The highest BCUT2D eigenvalue weighted by Crippen LogP contribution is 2.41. The number of hydrogen-bond acceptors (Lipinski definition) is 4. The highest BCUT2D eigenvalue weighted by molar-refractivity contribution is 5.79. The van der Waals surface area contributed by atoms with Crippen molar-refractivity contribution in [2.45, 2.75) is 64.3 Å². The molecule has 6 heteroatoms. The maximum absolute atomic E-state index is 12.3. The molecule has 0 spiro atoms. The van der Waals surface area contributed by atoms with E-state index in [4.69, 9.17) is 4.52 Å². The molecule has 2 aliphatic carbocycles. The van der Waals surface area contributed by atoms with Gasteiger partial charge in [-0.05, 0) is 50.4 Å². The summed E-state index contributed by atoms with van der Waals surface area (Å²) in [7, 11) is 0. The van der Waals surface area contributed by atoms with E-state index >= 15 is 0 Å². The van der Waals surface area contributed by atoms with Crippen LogP contribution >= 0.6 is 0 Å². The summed E-state index contributed by atoms with van der Waals surface area (Å²) in [6, 6.07) is 2.11. The van der Waals surface area contributed by atoms with Gasteiger partial charge in [-0.2, -0.15) is 0 Å². The molecule has 1 N–H and O–H groups in total. The van der Waals surface area contributed by atoms with E-state index in [0.717, 1.165) is 31.0 Å². The van der Waals surface area contributed by atoms with Gasteiger partial charge in [-0.3, -0.25) is 9.59 Å². The van der Waals surface area contributed by atoms with E-state index in [9.17, 15) is 9.59 Å². The molecular formula is C20H29N3O3. The van der Waals surface area contributed by atoms with E-state index in [1.807, 2.05) is 11.0 Å². The van der Waals surface area contributed by atoms with E-state index in [0.29, 0.717) is 36.5 Å². The fraction of sp³-hybridized carbons (Fsp3) is 0.750. The van der Waals surface area contributed by atoms with Crippen LogP contribution in [0.25, 0.3) is 0 Å². The molecule has 2 heterocycles. The lowest BCUT2D eigenvalue weighted by Gasteiger charge is -2.40. The second-order valence-corrected chi connectivity index (χ2v) is 8.72. The maximum Gasteiger partial charge on any atom is 0.228 e. The van der Waals surface area contributed by atoms with E-state index in [-0.39, 0.29) is 17.9 Å². The second-order valence-electron chi connectivity index (χ2n) is 8.72. The summed E-state index contributed by atoms with van der Waals surface area (Å²) < 4.78 is 5.31. The van der Waals surface area contributed by atoms with Gasteiger partial charge in [0, 0.05) is 37.5 Å². The fourth-order valence-electron chi connectivity index (χ4n) is 3.98. The number of aromatic nitrogens is 1. The van der Waals surface area contributed by atoms with Gasteiger partial charge in [0.15, 0.2) is 0 Å². The molecule has 2 saturated carbocycles. The molecule has 1 aromatic rings. The minimum absolute atomic E-state index is 0.122. The van der Waals surface area contributed by atoms with Gasteiger partial charge in [0.1, 0.15) is 5.76 Å². The Morgan fingerprint density at radius 1 is 1.38 bits per heavy atom. The van der Waals surface area contributed by atoms with Crippen molar-refractivity contribution in [1.82, 2.24) is 15.4 Å². The number of carbonyl (C=O) groups is 2. The van der Waals surface area contributed by atoms with Crippen LogP contribution in [0.2, 0.25) is 0 Å². The molecule has 142 valence electrons. The van der Waals surface area contributed by atoms with Crippen molar-refractivity contribution in [1.29, 1.82) is 0 Å². The van der Waals surface area contributed by atoms with Crippen LogP contribution in [0.1, 0.15) is 63.3 Å². The molecule has 3 unspecified atom stereocenters. The first-order valence-corrected chi connectivity index (χ1v) is 10.0. The Morgan fingerprint density at radius 3 is 2.77 bits per heavy atom. The molecule has 3 atom stereocenters. The van der Waals surface area contributed by atoms with E-state index in [1.54, 1.807) is 0 Å². The lowest BCUT2D eigenvalue weighted by Crippen LogP contribution is -2.52. The minimum Gasteiger partial charge on any atom is -0.361 e. The zero-order valence-electron chi connectivity index (χ0n) is 15.7. The third kappa shape index (κ3) is 4.27. The second kappa shape index (κ2) is 7.05. The van der Waals surface area contributed by atoms with Crippen LogP contribution in [-0.2, 0) is 16.0 Å². The van der Waals surface area contributed by atoms with Crippen molar-refractivity contribution < 1.29 is 14.1 Å². The zero-order chi connectivity index (χ0) is 18.3. The van der Waals surface area contributed by atoms with Crippen LogP contribution in [0, 0.1) is 17.8 Å². The van der Waals surface area contributed by atoms with Gasteiger partial charge in [-0.1, -0.05) is 12.1 Å². The first-order chi connectivity index (χ1) is 12.5. The van der Waals surface area contributed by atoms with Gasteiger partial charge in [0.05, 0.1) is 12.1 Å². The summed E-state index contributed by atoms with van der Waals surface area (Å²) in [5.74, 6) is 3.55. The monoisotopic (exact) mass is 359 g/mol. The standard InChI is InChI=1S/C20H29N3O3/c1-12-5-16(12)7-19(24)21-13(2)6-14-10-23(11-14)20(25)9-17-8-18(26-22-17)15-3-4-15/h8,12-16H,3-7,9-11H2,1-2H3,(H,21,24). The predicted octanol–water partition coefficient (Wildman–Crippen LogP) is 2.49. The number of amides is 2. The smallest absolute Gasteiger partial charge is 0.228 e. The average Bonchev–Trinajstić information content (AvgIpc) is 3.45. The zero-order valence-corrected chi connectivity index (χ0v) is 15.7. The first-order valence-electron chi connectivity index (χ1n) is 10.0. The Hall–Kier alpha value is -1.85. The third-order valence-electron chi connectivity index (χ3n) is 6.02. The SMILES string of the molecule is CC(CC1CN(C(=O)Cc2cc(C3CC3)on2)C1)NC(=O)CC1CC1C. The summed E-state index contributed by atoms with van der Waals surface area (Å²) in [6.45, 7) is 5.83. The van der Waals surface area contributed by atoms with Crippen molar-refractivity contribution in [3.63, 3.8) is 0 Å². The lowest BCUT2D eigenvalue weighted by atomic mass is 9.92. The third-order valence-corrected chi connectivity index (χ3v) is 6.02. The molecule has 0 bridgehead atoms. The Bertz CT molecular complexity index is 676. The van der Waals surface area contributed by atoms with E-state index < -0.39 is 0 Å². The Morgan fingerprint density at radius 2 is 2.12 bits per heavy atom. The molecule has 3 aliphatic rings. The number of nitrogens with one attached hydrogen (secondary N) is 1. The molecule has 1 saturated heterocycles. The summed E-state index contributed by atoms with van der Waals surface area (Å²) in [5, 5.41) is 7.13.